The van der Waals surface area contributed by atoms with Gasteiger partial charge in [0.15, 0.2) is 0 Å². The summed E-state index contributed by atoms with van der Waals surface area (Å²) in [6.45, 7) is 10.6. The lowest BCUT2D eigenvalue weighted by molar-refractivity contribution is -0.123. The third-order valence-corrected chi connectivity index (χ3v) is 4.43. The maximum absolute atomic E-state index is 12.5. The largest absolute Gasteiger partial charge is 0.326 e. The van der Waals surface area contributed by atoms with Crippen LogP contribution in [0.2, 0.25) is 0 Å². The van der Waals surface area contributed by atoms with Crippen LogP contribution in [-0.4, -0.2) is 24.4 Å². The second kappa shape index (κ2) is 7.34. The van der Waals surface area contributed by atoms with E-state index in [0.29, 0.717) is 6.04 Å². The standard InChI is InChI=1S/C19H29N3O2/c1-12-6-7-15(11-16(12)22-18(24)19(3,4)5)21-17(23)14-8-9-20-13(2)10-14/h6-7,11,13-14,20H,8-10H2,1-5H3,(H,21,23)(H,22,24)/t13-,14-/m0/s1. The Balaban J connectivity index is 2.07. The zero-order valence-corrected chi connectivity index (χ0v) is 15.3. The second-order valence-electron chi connectivity index (χ2n) is 7.80. The number of carbonyl (C=O) groups is 2. The Labute approximate surface area is 144 Å². The number of amides is 2. The lowest BCUT2D eigenvalue weighted by atomic mass is 9.92. The van der Waals surface area contributed by atoms with Crippen LogP contribution in [0.1, 0.15) is 46.1 Å². The summed E-state index contributed by atoms with van der Waals surface area (Å²) >= 11 is 0. The van der Waals surface area contributed by atoms with Crippen LogP contribution in [-0.2, 0) is 9.59 Å². The van der Waals surface area contributed by atoms with Crippen molar-refractivity contribution in [3.63, 3.8) is 0 Å². The molecule has 3 N–H and O–H groups in total. The number of carbonyl (C=O) groups excluding carboxylic acids is 2. The number of hydrogen-bond donors (Lipinski definition) is 3. The highest BCUT2D eigenvalue weighted by atomic mass is 16.2. The molecule has 24 heavy (non-hydrogen) atoms. The summed E-state index contributed by atoms with van der Waals surface area (Å²) < 4.78 is 0. The first-order chi connectivity index (χ1) is 11.2. The Hall–Kier alpha value is -1.88. The summed E-state index contributed by atoms with van der Waals surface area (Å²) in [5.74, 6) is 0.0525. The topological polar surface area (TPSA) is 70.2 Å². The summed E-state index contributed by atoms with van der Waals surface area (Å²) in [7, 11) is 0. The maximum Gasteiger partial charge on any atom is 0.229 e. The molecule has 5 heteroatoms. The fourth-order valence-corrected chi connectivity index (χ4v) is 2.76. The highest BCUT2D eigenvalue weighted by Gasteiger charge is 2.25. The van der Waals surface area contributed by atoms with Crippen molar-refractivity contribution < 1.29 is 9.59 Å². The minimum Gasteiger partial charge on any atom is -0.326 e. The minimum absolute atomic E-state index is 0.0372. The molecule has 0 unspecified atom stereocenters. The van der Waals surface area contributed by atoms with Crippen molar-refractivity contribution in [2.45, 2.75) is 53.5 Å². The Bertz CT molecular complexity index is 620. The van der Waals surface area contributed by atoms with Crippen LogP contribution in [0.3, 0.4) is 0 Å². The lowest BCUT2D eigenvalue weighted by Gasteiger charge is -2.27. The molecule has 5 nitrogen and oxygen atoms in total. The van der Waals surface area contributed by atoms with Crippen LogP contribution in [0, 0.1) is 18.3 Å². The molecular formula is C19H29N3O2. The molecule has 0 saturated carbocycles. The first-order valence-corrected chi connectivity index (χ1v) is 8.63. The van der Waals surface area contributed by atoms with Gasteiger partial charge in [0.25, 0.3) is 0 Å². The number of aryl methyl sites for hydroxylation is 1. The van der Waals surface area contributed by atoms with Gasteiger partial charge in [-0.3, -0.25) is 9.59 Å². The van der Waals surface area contributed by atoms with E-state index in [1.165, 1.54) is 0 Å². The molecule has 1 aliphatic heterocycles. The predicted molar refractivity (Wildman–Crippen MR) is 98.1 cm³/mol. The van der Waals surface area contributed by atoms with Crippen LogP contribution in [0.5, 0.6) is 0 Å². The molecular weight excluding hydrogens is 302 g/mol. The molecule has 1 heterocycles. The number of anilines is 2. The minimum atomic E-state index is -0.461. The van der Waals surface area contributed by atoms with Gasteiger partial charge in [-0.25, -0.2) is 0 Å². The Kier molecular flexibility index (Phi) is 5.65. The average Bonchev–Trinajstić information content (AvgIpc) is 2.49. The summed E-state index contributed by atoms with van der Waals surface area (Å²) in [4.78, 5) is 24.7. The molecule has 2 rings (SSSR count). The SMILES string of the molecule is Cc1ccc(NC(=O)[C@H]2CCN[C@@H](C)C2)cc1NC(=O)C(C)(C)C. The van der Waals surface area contributed by atoms with Crippen molar-refractivity contribution in [3.8, 4) is 0 Å². The molecule has 1 aromatic rings. The zero-order valence-electron chi connectivity index (χ0n) is 15.3. The number of benzene rings is 1. The molecule has 2 amide bonds. The van der Waals surface area contributed by atoms with E-state index in [0.717, 1.165) is 36.3 Å². The van der Waals surface area contributed by atoms with Gasteiger partial charge in [-0.15, -0.1) is 0 Å². The Morgan fingerprint density at radius 2 is 1.92 bits per heavy atom. The van der Waals surface area contributed by atoms with E-state index in [1.54, 1.807) is 0 Å². The van der Waals surface area contributed by atoms with Gasteiger partial charge in [0.1, 0.15) is 0 Å². The van der Waals surface area contributed by atoms with Crippen molar-refractivity contribution in [3.05, 3.63) is 23.8 Å². The average molecular weight is 331 g/mol. The molecule has 0 spiro atoms. The second-order valence-corrected chi connectivity index (χ2v) is 7.80. The van der Waals surface area contributed by atoms with Crippen molar-refractivity contribution in [1.82, 2.24) is 5.32 Å². The summed E-state index contributed by atoms with van der Waals surface area (Å²) in [6, 6.07) is 6.00. The molecule has 1 saturated heterocycles. The highest BCUT2D eigenvalue weighted by molar-refractivity contribution is 5.97. The highest BCUT2D eigenvalue weighted by Crippen LogP contribution is 2.25. The summed E-state index contributed by atoms with van der Waals surface area (Å²) in [6.07, 6.45) is 1.71. The monoisotopic (exact) mass is 331 g/mol. The Morgan fingerprint density at radius 3 is 2.54 bits per heavy atom. The van der Waals surface area contributed by atoms with Gasteiger partial charge in [0.2, 0.25) is 11.8 Å². The van der Waals surface area contributed by atoms with E-state index in [-0.39, 0.29) is 17.7 Å². The molecule has 0 radical (unpaired) electrons. The normalized spacial score (nSPS) is 21.2. The van der Waals surface area contributed by atoms with Crippen LogP contribution in [0.25, 0.3) is 0 Å². The van der Waals surface area contributed by atoms with Crippen LogP contribution >= 0.6 is 0 Å². The number of rotatable bonds is 3. The van der Waals surface area contributed by atoms with Gasteiger partial charge in [-0.05, 0) is 50.9 Å². The predicted octanol–water partition coefficient (Wildman–Crippen LogP) is 3.31. The third kappa shape index (κ3) is 4.81. The van der Waals surface area contributed by atoms with Crippen molar-refractivity contribution in [2.75, 3.05) is 17.2 Å². The smallest absolute Gasteiger partial charge is 0.229 e. The molecule has 1 aromatic carbocycles. The van der Waals surface area contributed by atoms with Crippen LogP contribution < -0.4 is 16.0 Å². The number of hydrogen-bond acceptors (Lipinski definition) is 3. The fourth-order valence-electron chi connectivity index (χ4n) is 2.76. The number of piperidine rings is 1. The van der Waals surface area contributed by atoms with Gasteiger partial charge in [0, 0.05) is 28.7 Å². The van der Waals surface area contributed by atoms with Gasteiger partial charge < -0.3 is 16.0 Å². The van der Waals surface area contributed by atoms with Gasteiger partial charge in [-0.2, -0.15) is 0 Å². The zero-order chi connectivity index (χ0) is 17.9. The van der Waals surface area contributed by atoms with E-state index < -0.39 is 5.41 Å². The van der Waals surface area contributed by atoms with Gasteiger partial charge in [-0.1, -0.05) is 26.8 Å². The number of nitrogens with one attached hydrogen (secondary N) is 3. The first kappa shape index (κ1) is 18.5. The molecule has 0 aromatic heterocycles. The van der Waals surface area contributed by atoms with Gasteiger partial charge in [0.05, 0.1) is 0 Å². The fraction of sp³-hybridized carbons (Fsp3) is 0.579. The van der Waals surface area contributed by atoms with Crippen molar-refractivity contribution >= 4 is 23.2 Å². The first-order valence-electron chi connectivity index (χ1n) is 8.63. The van der Waals surface area contributed by atoms with E-state index in [9.17, 15) is 9.59 Å². The van der Waals surface area contributed by atoms with Gasteiger partial charge >= 0.3 is 0 Å². The van der Waals surface area contributed by atoms with E-state index >= 15 is 0 Å². The Morgan fingerprint density at radius 1 is 1.21 bits per heavy atom. The van der Waals surface area contributed by atoms with Crippen molar-refractivity contribution in [1.29, 1.82) is 0 Å². The summed E-state index contributed by atoms with van der Waals surface area (Å²) in [5, 5.41) is 9.30. The van der Waals surface area contributed by atoms with Crippen LogP contribution in [0.4, 0.5) is 11.4 Å². The maximum atomic E-state index is 12.5. The van der Waals surface area contributed by atoms with Crippen molar-refractivity contribution in [2.24, 2.45) is 11.3 Å². The molecule has 1 aliphatic rings. The molecule has 0 aliphatic carbocycles. The van der Waals surface area contributed by atoms with E-state index in [2.05, 4.69) is 22.9 Å². The van der Waals surface area contributed by atoms with E-state index in [4.69, 9.17) is 0 Å². The molecule has 2 atom stereocenters. The molecule has 132 valence electrons. The third-order valence-electron chi connectivity index (χ3n) is 4.43. The lowest BCUT2D eigenvalue weighted by Crippen LogP contribution is -2.40. The summed E-state index contributed by atoms with van der Waals surface area (Å²) in [5.41, 5.74) is 1.98. The molecule has 1 fully saturated rings. The van der Waals surface area contributed by atoms with E-state index in [1.807, 2.05) is 45.9 Å². The van der Waals surface area contributed by atoms with Crippen LogP contribution in [0.15, 0.2) is 18.2 Å². The quantitative estimate of drug-likeness (QED) is 0.796. The molecule has 0 bridgehead atoms.